The van der Waals surface area contributed by atoms with Crippen LogP contribution >= 0.6 is 0 Å². The Morgan fingerprint density at radius 1 is 1.30 bits per heavy atom. The van der Waals surface area contributed by atoms with Gasteiger partial charge in [0, 0.05) is 23.5 Å². The Labute approximate surface area is 188 Å². The summed E-state index contributed by atoms with van der Waals surface area (Å²) in [5.41, 5.74) is 4.46. The van der Waals surface area contributed by atoms with Gasteiger partial charge in [0.05, 0.1) is 18.4 Å². The molecule has 2 amide bonds. The molecule has 10 heteroatoms. The third-order valence-electron chi connectivity index (χ3n) is 5.67. The van der Waals surface area contributed by atoms with E-state index in [2.05, 4.69) is 20.3 Å². The van der Waals surface area contributed by atoms with E-state index in [9.17, 15) is 19.1 Å². The highest BCUT2D eigenvalue weighted by atomic mass is 19.1. The second kappa shape index (κ2) is 8.21. The lowest BCUT2D eigenvalue weighted by Crippen LogP contribution is -2.41. The second-order valence-corrected chi connectivity index (χ2v) is 8.27. The average molecular weight is 451 g/mol. The fraction of sp³-hybridized carbons (Fsp3) is 0.261. The molecule has 4 N–H and O–H groups in total. The number of fused-ring (bicyclic) bond motifs is 1. The van der Waals surface area contributed by atoms with E-state index in [1.54, 1.807) is 13.0 Å². The number of benzene rings is 1. The van der Waals surface area contributed by atoms with Crippen LogP contribution in [0, 0.1) is 5.82 Å². The maximum atomic E-state index is 13.5. The van der Waals surface area contributed by atoms with Crippen molar-refractivity contribution in [3.63, 3.8) is 0 Å². The van der Waals surface area contributed by atoms with Gasteiger partial charge in [-0.1, -0.05) is 0 Å². The zero-order valence-electron chi connectivity index (χ0n) is 18.0. The summed E-state index contributed by atoms with van der Waals surface area (Å²) in [7, 11) is 0. The van der Waals surface area contributed by atoms with E-state index in [0.717, 1.165) is 0 Å². The molecule has 1 aliphatic rings. The van der Waals surface area contributed by atoms with Crippen LogP contribution in [0.25, 0.3) is 11.3 Å². The molecule has 1 aliphatic heterocycles. The van der Waals surface area contributed by atoms with Crippen molar-refractivity contribution in [2.45, 2.75) is 24.9 Å². The fourth-order valence-corrected chi connectivity index (χ4v) is 3.52. The molecule has 0 aliphatic carbocycles. The van der Waals surface area contributed by atoms with Gasteiger partial charge in [0.1, 0.15) is 40.6 Å². The summed E-state index contributed by atoms with van der Waals surface area (Å²) in [5, 5.41) is 13.8. The summed E-state index contributed by atoms with van der Waals surface area (Å²) in [6.45, 7) is 2.92. The molecule has 0 saturated heterocycles. The fourth-order valence-electron chi connectivity index (χ4n) is 3.52. The highest BCUT2D eigenvalue weighted by molar-refractivity contribution is 5.92. The van der Waals surface area contributed by atoms with Gasteiger partial charge in [0.15, 0.2) is 0 Å². The number of nitrogens with one attached hydrogen (secondary N) is 1. The first-order valence-electron chi connectivity index (χ1n) is 10.1. The minimum absolute atomic E-state index is 0.00253. The third kappa shape index (κ3) is 4.12. The molecule has 0 radical (unpaired) electrons. The summed E-state index contributed by atoms with van der Waals surface area (Å²) in [5.74, 6) is -1.20. The highest BCUT2D eigenvalue weighted by Crippen LogP contribution is 2.45. The number of carbonyl (C=O) groups is 2. The Hall–Kier alpha value is -3.92. The smallest absolute Gasteiger partial charge is 0.271 e. The summed E-state index contributed by atoms with van der Waals surface area (Å²) >= 11 is 0. The first-order chi connectivity index (χ1) is 15.6. The minimum atomic E-state index is -1.64. The number of halogens is 1. The van der Waals surface area contributed by atoms with E-state index in [4.69, 9.17) is 10.5 Å². The van der Waals surface area contributed by atoms with E-state index in [1.165, 1.54) is 49.8 Å². The topological polar surface area (TPSA) is 140 Å². The van der Waals surface area contributed by atoms with Crippen LogP contribution in [-0.2, 0) is 15.8 Å². The normalized spacial score (nSPS) is 18.7. The SMILES string of the molecule is C[C@](O)(CNC(=O)c1cnccn1)c1cc2c(c(-c3ccc(F)cc3)n1)OC[C@]2(C)C(N)=O. The van der Waals surface area contributed by atoms with E-state index in [1.807, 2.05) is 0 Å². The van der Waals surface area contributed by atoms with Gasteiger partial charge in [-0.2, -0.15) is 0 Å². The van der Waals surface area contributed by atoms with E-state index < -0.39 is 28.6 Å². The Balaban J connectivity index is 1.74. The number of carbonyl (C=O) groups excluding carboxylic acids is 2. The number of hydrogen-bond acceptors (Lipinski definition) is 7. The van der Waals surface area contributed by atoms with Crippen LogP contribution in [0.3, 0.4) is 0 Å². The molecule has 0 unspecified atom stereocenters. The van der Waals surface area contributed by atoms with E-state index in [0.29, 0.717) is 22.6 Å². The van der Waals surface area contributed by atoms with Crippen LogP contribution in [0.2, 0.25) is 0 Å². The Bertz CT molecular complexity index is 1220. The Morgan fingerprint density at radius 3 is 2.67 bits per heavy atom. The molecule has 0 bridgehead atoms. The van der Waals surface area contributed by atoms with Gasteiger partial charge in [-0.25, -0.2) is 14.4 Å². The molecule has 9 nitrogen and oxygen atoms in total. The van der Waals surface area contributed by atoms with Gasteiger partial charge in [0.2, 0.25) is 5.91 Å². The van der Waals surface area contributed by atoms with Crippen molar-refractivity contribution < 1.29 is 23.8 Å². The number of hydrogen-bond donors (Lipinski definition) is 3. The molecule has 0 saturated carbocycles. The molecule has 0 spiro atoms. The highest BCUT2D eigenvalue weighted by Gasteiger charge is 2.45. The first-order valence-corrected chi connectivity index (χ1v) is 10.1. The molecule has 0 fully saturated rings. The summed E-state index contributed by atoms with van der Waals surface area (Å²) in [4.78, 5) is 37.0. The number of primary amides is 1. The lowest BCUT2D eigenvalue weighted by atomic mass is 9.82. The quantitative estimate of drug-likeness (QED) is 0.515. The van der Waals surface area contributed by atoms with Crippen LogP contribution in [0.1, 0.15) is 35.6 Å². The van der Waals surface area contributed by atoms with Gasteiger partial charge in [0.25, 0.3) is 5.91 Å². The van der Waals surface area contributed by atoms with E-state index in [-0.39, 0.29) is 24.5 Å². The molecule has 4 rings (SSSR count). The number of rotatable bonds is 6. The zero-order valence-corrected chi connectivity index (χ0v) is 18.0. The van der Waals surface area contributed by atoms with Gasteiger partial charge in [-0.15, -0.1) is 0 Å². The standard InChI is InChI=1S/C23H22FN5O4/c1-22(21(25)31)12-33-19-15(22)9-17(29-18(19)13-3-5-14(24)6-4-13)23(2,32)11-28-20(30)16-10-26-7-8-27-16/h3-10,32H,11-12H2,1-2H3,(H2,25,31)(H,28,30)/t22-,23-/m0/s1. The molecule has 2 atom stereocenters. The van der Waals surface area contributed by atoms with E-state index >= 15 is 0 Å². The Morgan fingerprint density at radius 2 is 2.03 bits per heavy atom. The lowest BCUT2D eigenvalue weighted by Gasteiger charge is -2.26. The third-order valence-corrected chi connectivity index (χ3v) is 5.67. The number of aliphatic hydroxyl groups is 1. The van der Waals surface area contributed by atoms with Crippen molar-refractivity contribution in [2.24, 2.45) is 5.73 Å². The largest absolute Gasteiger partial charge is 0.489 e. The van der Waals surface area contributed by atoms with Crippen LogP contribution in [-0.4, -0.2) is 45.0 Å². The molecule has 33 heavy (non-hydrogen) atoms. The zero-order chi connectivity index (χ0) is 23.8. The van der Waals surface area contributed by atoms with Gasteiger partial charge >= 0.3 is 0 Å². The van der Waals surface area contributed by atoms with Crippen LogP contribution < -0.4 is 15.8 Å². The molecule has 3 heterocycles. The van der Waals surface area contributed by atoms with Crippen molar-refractivity contribution in [3.8, 4) is 17.0 Å². The number of pyridine rings is 1. The number of nitrogens with zero attached hydrogens (tertiary/aromatic N) is 3. The van der Waals surface area contributed by atoms with Crippen LogP contribution in [0.15, 0.2) is 48.9 Å². The summed E-state index contributed by atoms with van der Waals surface area (Å²) in [6, 6.07) is 7.15. The maximum absolute atomic E-state index is 13.5. The minimum Gasteiger partial charge on any atom is -0.489 e. The van der Waals surface area contributed by atoms with Crippen molar-refractivity contribution in [1.29, 1.82) is 0 Å². The molecule has 3 aromatic rings. The monoisotopic (exact) mass is 451 g/mol. The molecule has 2 aromatic heterocycles. The summed E-state index contributed by atoms with van der Waals surface area (Å²) < 4.78 is 19.3. The van der Waals surface area contributed by atoms with Gasteiger partial charge < -0.3 is 20.9 Å². The van der Waals surface area contributed by atoms with Crippen molar-refractivity contribution in [3.05, 3.63) is 71.7 Å². The number of amides is 2. The summed E-state index contributed by atoms with van der Waals surface area (Å²) in [6.07, 6.45) is 4.13. The van der Waals surface area contributed by atoms with Crippen molar-refractivity contribution in [1.82, 2.24) is 20.3 Å². The molecule has 1 aromatic carbocycles. The average Bonchev–Trinajstić information content (AvgIpc) is 3.16. The predicted octanol–water partition coefficient (Wildman–Crippen LogP) is 1.45. The van der Waals surface area contributed by atoms with Crippen molar-refractivity contribution in [2.75, 3.05) is 13.2 Å². The van der Waals surface area contributed by atoms with Crippen molar-refractivity contribution >= 4 is 11.8 Å². The molecule has 170 valence electrons. The maximum Gasteiger partial charge on any atom is 0.271 e. The Kier molecular flexibility index (Phi) is 5.54. The first kappa shape index (κ1) is 22.3. The second-order valence-electron chi connectivity index (χ2n) is 8.27. The van der Waals surface area contributed by atoms with Gasteiger partial charge in [-0.05, 0) is 44.2 Å². The van der Waals surface area contributed by atoms with Crippen LogP contribution in [0.5, 0.6) is 5.75 Å². The lowest BCUT2D eigenvalue weighted by molar-refractivity contribution is -0.123. The number of ether oxygens (including phenoxy) is 1. The molecular weight excluding hydrogens is 429 g/mol. The van der Waals surface area contributed by atoms with Crippen LogP contribution in [0.4, 0.5) is 4.39 Å². The predicted molar refractivity (Wildman–Crippen MR) is 116 cm³/mol. The molecular formula is C23H22FN5O4. The number of nitrogens with two attached hydrogens (primary N) is 1. The number of aromatic nitrogens is 3. The van der Waals surface area contributed by atoms with Gasteiger partial charge in [-0.3, -0.25) is 14.6 Å².